The van der Waals surface area contributed by atoms with Crippen molar-refractivity contribution < 1.29 is 9.47 Å². The summed E-state index contributed by atoms with van der Waals surface area (Å²) in [4.78, 5) is 3.60. The second-order valence-corrected chi connectivity index (χ2v) is 6.38. The number of para-hydroxylation sites is 1. The largest absolute Gasteiger partial charge is 0.454 e. The predicted molar refractivity (Wildman–Crippen MR) is 89.0 cm³/mol. The highest BCUT2D eigenvalue weighted by Crippen LogP contribution is 2.40. The molecule has 1 aromatic heterocycles. The average Bonchev–Trinajstić information content (AvgIpc) is 3.17. The summed E-state index contributed by atoms with van der Waals surface area (Å²) < 4.78 is 11.0. The van der Waals surface area contributed by atoms with E-state index in [9.17, 15) is 0 Å². The second kappa shape index (κ2) is 4.77. The molecular weight excluding hydrogens is 288 g/mol. The Hall–Kier alpha value is -2.46. The minimum absolute atomic E-state index is 0.166. The van der Waals surface area contributed by atoms with Crippen LogP contribution in [0.4, 0.5) is 0 Å². The van der Waals surface area contributed by atoms with Crippen LogP contribution >= 0.6 is 0 Å². The Morgan fingerprint density at radius 3 is 2.87 bits per heavy atom. The Morgan fingerprint density at radius 2 is 1.91 bits per heavy atom. The first-order valence-corrected chi connectivity index (χ1v) is 8.04. The lowest BCUT2D eigenvalue weighted by Crippen LogP contribution is -2.37. The molecule has 0 fully saturated rings. The van der Waals surface area contributed by atoms with E-state index in [0.29, 0.717) is 12.8 Å². The predicted octanol–water partition coefficient (Wildman–Crippen LogP) is 3.52. The molecule has 4 heteroatoms. The number of hydrogen-bond donors (Lipinski definition) is 2. The van der Waals surface area contributed by atoms with Gasteiger partial charge >= 0.3 is 0 Å². The van der Waals surface area contributed by atoms with Crippen molar-refractivity contribution in [1.82, 2.24) is 10.3 Å². The summed E-state index contributed by atoms with van der Waals surface area (Å²) in [7, 11) is 0. The van der Waals surface area contributed by atoms with Crippen molar-refractivity contribution in [2.24, 2.45) is 0 Å². The van der Waals surface area contributed by atoms with Gasteiger partial charge in [0, 0.05) is 34.6 Å². The Kier molecular flexibility index (Phi) is 2.70. The molecule has 4 nitrogen and oxygen atoms in total. The number of H-pyrrole nitrogens is 1. The van der Waals surface area contributed by atoms with E-state index >= 15 is 0 Å². The monoisotopic (exact) mass is 306 g/mol. The lowest BCUT2D eigenvalue weighted by molar-refractivity contribution is 0.174. The second-order valence-electron chi connectivity index (χ2n) is 6.38. The highest BCUT2D eigenvalue weighted by molar-refractivity contribution is 5.86. The summed E-state index contributed by atoms with van der Waals surface area (Å²) in [6.07, 6.45) is 1.02. The first-order chi connectivity index (χ1) is 11.3. The molecule has 5 rings (SSSR count). The maximum Gasteiger partial charge on any atom is 0.231 e. The molecule has 2 aliphatic heterocycles. The Balaban J connectivity index is 1.69. The zero-order valence-corrected chi connectivity index (χ0v) is 12.9. The molecule has 0 aliphatic carbocycles. The van der Waals surface area contributed by atoms with Crippen molar-refractivity contribution in [3.05, 3.63) is 59.3 Å². The number of aromatic amines is 1. The van der Waals surface area contributed by atoms with E-state index in [1.165, 1.54) is 27.7 Å². The third-order valence-corrected chi connectivity index (χ3v) is 4.81. The molecule has 2 aliphatic rings. The first-order valence-electron chi connectivity index (χ1n) is 8.04. The van der Waals surface area contributed by atoms with E-state index in [2.05, 4.69) is 53.6 Å². The fourth-order valence-electron chi connectivity index (χ4n) is 3.80. The summed E-state index contributed by atoms with van der Waals surface area (Å²) in [6, 6.07) is 15.4. The number of ether oxygens (including phenoxy) is 2. The zero-order chi connectivity index (χ0) is 15.4. The molecule has 0 saturated carbocycles. The zero-order valence-electron chi connectivity index (χ0n) is 12.9. The Labute approximate surface area is 134 Å². The van der Waals surface area contributed by atoms with Crippen molar-refractivity contribution in [2.75, 3.05) is 6.79 Å². The number of fused-ring (bicyclic) bond motifs is 4. The fraction of sp³-hybridized carbons (Fsp3) is 0.263. The van der Waals surface area contributed by atoms with Gasteiger partial charge < -0.3 is 19.8 Å². The van der Waals surface area contributed by atoms with Crippen molar-refractivity contribution in [2.45, 2.75) is 25.4 Å². The lowest BCUT2D eigenvalue weighted by Gasteiger charge is -2.30. The summed E-state index contributed by atoms with van der Waals surface area (Å²) in [5, 5.41) is 5.04. The third kappa shape index (κ3) is 1.95. The van der Waals surface area contributed by atoms with E-state index in [0.717, 1.165) is 17.9 Å². The quantitative estimate of drug-likeness (QED) is 0.723. The molecule has 2 atom stereocenters. The van der Waals surface area contributed by atoms with E-state index in [4.69, 9.17) is 9.47 Å². The molecular formula is C19H18N2O2. The minimum atomic E-state index is 0.166. The van der Waals surface area contributed by atoms with Crippen LogP contribution in [0.15, 0.2) is 42.5 Å². The number of benzene rings is 2. The third-order valence-electron chi connectivity index (χ3n) is 4.81. The SMILES string of the molecule is C[C@H]1Cc2[nH]c3ccccc3c2[C@H](c2ccc3c(c2)OCO3)N1. The van der Waals surface area contributed by atoms with Crippen molar-refractivity contribution >= 4 is 10.9 Å². The van der Waals surface area contributed by atoms with Crippen LogP contribution in [-0.2, 0) is 6.42 Å². The first kappa shape index (κ1) is 13.0. The molecule has 23 heavy (non-hydrogen) atoms. The topological polar surface area (TPSA) is 46.3 Å². The summed E-state index contributed by atoms with van der Waals surface area (Å²) in [5.74, 6) is 1.67. The highest BCUT2D eigenvalue weighted by Gasteiger charge is 2.29. The van der Waals surface area contributed by atoms with Gasteiger partial charge in [0.25, 0.3) is 0 Å². The van der Waals surface area contributed by atoms with Crippen LogP contribution in [0.3, 0.4) is 0 Å². The average molecular weight is 306 g/mol. The van der Waals surface area contributed by atoms with Crippen LogP contribution in [0.25, 0.3) is 10.9 Å². The van der Waals surface area contributed by atoms with Gasteiger partial charge in [0.15, 0.2) is 11.5 Å². The molecule has 2 N–H and O–H groups in total. The standard InChI is InChI=1S/C19H18N2O2/c1-11-8-15-18(13-4-2-3-5-14(13)21-15)19(20-11)12-6-7-16-17(9-12)23-10-22-16/h2-7,9,11,19-21H,8,10H2,1H3/t11-,19-/m0/s1. The van der Waals surface area contributed by atoms with Gasteiger partial charge in [-0.1, -0.05) is 24.3 Å². The number of hydrogen-bond acceptors (Lipinski definition) is 3. The van der Waals surface area contributed by atoms with E-state index in [-0.39, 0.29) is 6.04 Å². The molecule has 116 valence electrons. The van der Waals surface area contributed by atoms with Crippen LogP contribution in [0.5, 0.6) is 11.5 Å². The normalized spacial score (nSPS) is 22.3. The highest BCUT2D eigenvalue weighted by atomic mass is 16.7. The summed E-state index contributed by atoms with van der Waals surface area (Å²) in [5.41, 5.74) is 5.11. The number of aromatic nitrogens is 1. The molecule has 3 aromatic rings. The van der Waals surface area contributed by atoms with Crippen molar-refractivity contribution in [1.29, 1.82) is 0 Å². The molecule has 0 saturated heterocycles. The van der Waals surface area contributed by atoms with E-state index in [1.54, 1.807) is 0 Å². The van der Waals surface area contributed by atoms with Gasteiger partial charge in [-0.2, -0.15) is 0 Å². The number of rotatable bonds is 1. The molecule has 0 bridgehead atoms. The van der Waals surface area contributed by atoms with Gasteiger partial charge in [-0.25, -0.2) is 0 Å². The van der Waals surface area contributed by atoms with Gasteiger partial charge in [-0.3, -0.25) is 0 Å². The fourth-order valence-corrected chi connectivity index (χ4v) is 3.80. The minimum Gasteiger partial charge on any atom is -0.454 e. The molecule has 2 aromatic carbocycles. The Morgan fingerprint density at radius 1 is 1.04 bits per heavy atom. The van der Waals surface area contributed by atoms with Gasteiger partial charge in [-0.05, 0) is 30.7 Å². The maximum absolute atomic E-state index is 5.56. The van der Waals surface area contributed by atoms with Gasteiger partial charge in [0.2, 0.25) is 6.79 Å². The van der Waals surface area contributed by atoms with E-state index < -0.39 is 0 Å². The van der Waals surface area contributed by atoms with E-state index in [1.807, 2.05) is 6.07 Å². The maximum atomic E-state index is 5.56. The van der Waals surface area contributed by atoms with Crippen LogP contribution in [0.1, 0.15) is 29.8 Å². The molecule has 0 radical (unpaired) electrons. The van der Waals surface area contributed by atoms with Crippen molar-refractivity contribution in [3.8, 4) is 11.5 Å². The Bertz CT molecular complexity index is 900. The summed E-state index contributed by atoms with van der Waals surface area (Å²) >= 11 is 0. The molecule has 3 heterocycles. The smallest absolute Gasteiger partial charge is 0.231 e. The molecule has 0 amide bonds. The van der Waals surface area contributed by atoms with Gasteiger partial charge in [0.05, 0.1) is 6.04 Å². The number of nitrogens with one attached hydrogen (secondary N) is 2. The van der Waals surface area contributed by atoms with Crippen LogP contribution in [-0.4, -0.2) is 17.8 Å². The van der Waals surface area contributed by atoms with Gasteiger partial charge in [0.1, 0.15) is 0 Å². The molecule has 0 unspecified atom stereocenters. The molecule has 0 spiro atoms. The van der Waals surface area contributed by atoms with Crippen LogP contribution < -0.4 is 14.8 Å². The van der Waals surface area contributed by atoms with Gasteiger partial charge in [-0.15, -0.1) is 0 Å². The van der Waals surface area contributed by atoms with Crippen molar-refractivity contribution in [3.63, 3.8) is 0 Å². The van der Waals surface area contributed by atoms with Crippen LogP contribution in [0.2, 0.25) is 0 Å². The lowest BCUT2D eigenvalue weighted by atomic mass is 9.89. The summed E-state index contributed by atoms with van der Waals surface area (Å²) in [6.45, 7) is 2.54. The van der Waals surface area contributed by atoms with Crippen LogP contribution in [0, 0.1) is 0 Å².